The van der Waals surface area contributed by atoms with E-state index in [-0.39, 0.29) is 5.41 Å². The van der Waals surface area contributed by atoms with Gasteiger partial charge in [-0.25, -0.2) is 4.98 Å². The number of H-pyrrole nitrogens is 2. The average Bonchev–Trinajstić information content (AvgIpc) is 3.32. The van der Waals surface area contributed by atoms with Gasteiger partial charge < -0.3 is 9.97 Å². The summed E-state index contributed by atoms with van der Waals surface area (Å²) < 4.78 is 0. The van der Waals surface area contributed by atoms with Crippen LogP contribution in [-0.4, -0.2) is 19.9 Å². The lowest BCUT2D eigenvalue weighted by molar-refractivity contribution is 0.543. The molecular formula is C22H20N4. The molecule has 5 rings (SSSR count). The molecule has 5 heterocycles. The van der Waals surface area contributed by atoms with Crippen LogP contribution in [0, 0.1) is 0 Å². The van der Waals surface area contributed by atoms with Gasteiger partial charge in [0, 0.05) is 45.3 Å². The summed E-state index contributed by atoms with van der Waals surface area (Å²) in [6, 6.07) is 16.8. The first-order valence-corrected chi connectivity index (χ1v) is 8.89. The first-order chi connectivity index (χ1) is 12.5. The number of rotatable bonds is 0. The summed E-state index contributed by atoms with van der Waals surface area (Å²) in [6.07, 6.45) is 5.01. The second-order valence-corrected chi connectivity index (χ2v) is 7.66. The smallest absolute Gasteiger partial charge is 0.0658 e. The van der Waals surface area contributed by atoms with Crippen LogP contribution < -0.4 is 0 Å². The number of nitrogens with zero attached hydrogens (tertiary/aromatic N) is 2. The lowest BCUT2D eigenvalue weighted by atomic mass is 9.87. The summed E-state index contributed by atoms with van der Waals surface area (Å²) in [5.41, 5.74) is 8.36. The summed E-state index contributed by atoms with van der Waals surface area (Å²) in [5, 5.41) is 0. The van der Waals surface area contributed by atoms with E-state index < -0.39 is 0 Å². The Kier molecular flexibility index (Phi) is 3.16. The van der Waals surface area contributed by atoms with E-state index >= 15 is 0 Å². The summed E-state index contributed by atoms with van der Waals surface area (Å²) >= 11 is 0. The molecule has 3 aromatic heterocycles. The molecule has 3 aromatic rings. The van der Waals surface area contributed by atoms with Crippen molar-refractivity contribution < 1.29 is 0 Å². The molecule has 0 aromatic carbocycles. The van der Waals surface area contributed by atoms with Gasteiger partial charge >= 0.3 is 0 Å². The Bertz CT molecular complexity index is 1190. The first kappa shape index (κ1) is 15.1. The van der Waals surface area contributed by atoms with Crippen LogP contribution in [0.5, 0.6) is 0 Å². The van der Waals surface area contributed by atoms with Crippen molar-refractivity contribution in [2.24, 2.45) is 0 Å². The monoisotopic (exact) mass is 340 g/mol. The Hall–Kier alpha value is -3.14. The molecule has 0 unspecified atom stereocenters. The molecule has 26 heavy (non-hydrogen) atoms. The zero-order chi connectivity index (χ0) is 17.7. The molecule has 4 nitrogen and oxygen atoms in total. The molecule has 0 fully saturated rings. The lowest BCUT2D eigenvalue weighted by Gasteiger charge is -2.15. The fourth-order valence-electron chi connectivity index (χ4n) is 3.60. The van der Waals surface area contributed by atoms with Gasteiger partial charge in [-0.15, -0.1) is 0 Å². The molecule has 0 aliphatic carbocycles. The van der Waals surface area contributed by atoms with Gasteiger partial charge in [-0.3, -0.25) is 4.98 Å². The maximum absolute atomic E-state index is 4.90. The molecule has 0 radical (unpaired) electrons. The van der Waals surface area contributed by atoms with Crippen LogP contribution in [0.25, 0.3) is 34.2 Å². The highest BCUT2D eigenvalue weighted by molar-refractivity contribution is 5.74. The topological polar surface area (TPSA) is 57.4 Å². The van der Waals surface area contributed by atoms with E-state index in [1.165, 1.54) is 0 Å². The number of aromatic amines is 2. The van der Waals surface area contributed by atoms with E-state index in [0.29, 0.717) is 0 Å². The lowest BCUT2D eigenvalue weighted by Crippen LogP contribution is -2.14. The Balaban J connectivity index is 1.85. The van der Waals surface area contributed by atoms with Crippen molar-refractivity contribution in [2.75, 3.05) is 0 Å². The predicted molar refractivity (Wildman–Crippen MR) is 107 cm³/mol. The Morgan fingerprint density at radius 1 is 0.731 bits per heavy atom. The number of fused-ring (bicyclic) bond motifs is 8. The molecule has 4 heteroatoms. The van der Waals surface area contributed by atoms with Crippen molar-refractivity contribution in [3.05, 3.63) is 71.3 Å². The van der Waals surface area contributed by atoms with Gasteiger partial charge in [0.2, 0.25) is 0 Å². The van der Waals surface area contributed by atoms with Crippen LogP contribution in [-0.2, 0) is 11.8 Å². The molecule has 2 N–H and O–H groups in total. The van der Waals surface area contributed by atoms with Crippen molar-refractivity contribution in [3.8, 4) is 0 Å². The van der Waals surface area contributed by atoms with E-state index in [4.69, 9.17) is 4.98 Å². The Labute approximate surface area is 151 Å². The van der Waals surface area contributed by atoms with Crippen LogP contribution in [0.2, 0.25) is 0 Å². The molecular weight excluding hydrogens is 320 g/mol. The van der Waals surface area contributed by atoms with Crippen LogP contribution in [0.15, 0.2) is 48.5 Å². The maximum Gasteiger partial charge on any atom is 0.0658 e. The maximum atomic E-state index is 4.90. The minimum Gasteiger partial charge on any atom is -0.355 e. The standard InChI is InChI=1S/C22H20N4/c1-22(2)13-20-11-18-6-5-16(24-18)9-14-3-4-15(23-14)10-17-7-8-19(25-17)12-21(22)26-20/h3-12,24-25H,13H2,1-2H3. The SMILES string of the molecule is CC1(C)Cc2cc3ccc(cc4nc(cc5ccc(cc1n2)[nH]5)C=C4)[nH]3. The van der Waals surface area contributed by atoms with Crippen molar-refractivity contribution >= 4 is 34.2 Å². The third-order valence-corrected chi connectivity index (χ3v) is 4.95. The quantitative estimate of drug-likeness (QED) is 0.473. The predicted octanol–water partition coefficient (Wildman–Crippen LogP) is 5.01. The molecule has 8 bridgehead atoms. The number of aromatic nitrogens is 4. The fraction of sp³-hybridized carbons (Fsp3) is 0.182. The van der Waals surface area contributed by atoms with Crippen molar-refractivity contribution in [2.45, 2.75) is 25.7 Å². The normalized spacial score (nSPS) is 15.3. The molecule has 0 saturated heterocycles. The van der Waals surface area contributed by atoms with Gasteiger partial charge in [0.05, 0.1) is 11.4 Å². The van der Waals surface area contributed by atoms with Crippen LogP contribution in [0.3, 0.4) is 0 Å². The average molecular weight is 340 g/mol. The third-order valence-electron chi connectivity index (χ3n) is 4.95. The zero-order valence-electron chi connectivity index (χ0n) is 14.9. The summed E-state index contributed by atoms with van der Waals surface area (Å²) in [7, 11) is 0. The highest BCUT2D eigenvalue weighted by Crippen LogP contribution is 2.30. The Morgan fingerprint density at radius 3 is 1.88 bits per heavy atom. The van der Waals surface area contributed by atoms with Gasteiger partial charge in [0.15, 0.2) is 0 Å². The van der Waals surface area contributed by atoms with Gasteiger partial charge in [-0.1, -0.05) is 13.8 Å². The summed E-state index contributed by atoms with van der Waals surface area (Å²) in [5.74, 6) is 0. The largest absolute Gasteiger partial charge is 0.355 e. The van der Waals surface area contributed by atoms with Gasteiger partial charge in [-0.05, 0) is 60.7 Å². The second-order valence-electron chi connectivity index (χ2n) is 7.66. The van der Waals surface area contributed by atoms with Crippen molar-refractivity contribution in [1.29, 1.82) is 0 Å². The minimum atomic E-state index is 0.0259. The minimum absolute atomic E-state index is 0.0259. The third kappa shape index (κ3) is 2.73. The summed E-state index contributed by atoms with van der Waals surface area (Å²) in [4.78, 5) is 16.5. The van der Waals surface area contributed by atoms with Gasteiger partial charge in [0.1, 0.15) is 0 Å². The number of nitrogens with one attached hydrogen (secondary N) is 2. The van der Waals surface area contributed by atoms with Crippen LogP contribution >= 0.6 is 0 Å². The molecule has 2 aliphatic rings. The van der Waals surface area contributed by atoms with Crippen molar-refractivity contribution in [3.63, 3.8) is 0 Å². The molecule has 0 atom stereocenters. The van der Waals surface area contributed by atoms with E-state index in [9.17, 15) is 0 Å². The van der Waals surface area contributed by atoms with Crippen LogP contribution in [0.4, 0.5) is 0 Å². The van der Waals surface area contributed by atoms with Gasteiger partial charge in [0.25, 0.3) is 0 Å². The van der Waals surface area contributed by atoms with E-state index in [1.807, 2.05) is 12.2 Å². The van der Waals surface area contributed by atoms with E-state index in [0.717, 1.165) is 51.3 Å². The molecule has 2 aliphatic heterocycles. The highest BCUT2D eigenvalue weighted by Gasteiger charge is 2.28. The molecule has 0 saturated carbocycles. The highest BCUT2D eigenvalue weighted by atomic mass is 14.8. The Morgan fingerprint density at radius 2 is 1.27 bits per heavy atom. The molecule has 128 valence electrons. The number of hydrogen-bond acceptors (Lipinski definition) is 2. The van der Waals surface area contributed by atoms with E-state index in [1.54, 1.807) is 0 Å². The number of hydrogen-bond donors (Lipinski definition) is 2. The molecule has 0 amide bonds. The first-order valence-electron chi connectivity index (χ1n) is 8.89. The van der Waals surface area contributed by atoms with Gasteiger partial charge in [-0.2, -0.15) is 0 Å². The fourth-order valence-corrected chi connectivity index (χ4v) is 3.60. The van der Waals surface area contributed by atoms with Crippen molar-refractivity contribution in [1.82, 2.24) is 19.9 Å². The molecule has 0 spiro atoms. The van der Waals surface area contributed by atoms with Crippen LogP contribution in [0.1, 0.15) is 36.6 Å². The van der Waals surface area contributed by atoms with E-state index in [2.05, 4.69) is 77.3 Å². The summed E-state index contributed by atoms with van der Waals surface area (Å²) in [6.45, 7) is 4.49. The second kappa shape index (κ2) is 5.43. The zero-order valence-corrected chi connectivity index (χ0v) is 14.9.